The molecule has 8 nitrogen and oxygen atoms in total. The minimum absolute atomic E-state index is 0.258. The summed E-state index contributed by atoms with van der Waals surface area (Å²) in [6.07, 6.45) is 3.09. The summed E-state index contributed by atoms with van der Waals surface area (Å²) >= 11 is 13.2. The Morgan fingerprint density at radius 3 is 2.78 bits per heavy atom. The van der Waals surface area contributed by atoms with Crippen LogP contribution in [0.15, 0.2) is 71.0 Å². The summed E-state index contributed by atoms with van der Waals surface area (Å²) in [5.41, 5.74) is 12.5. The van der Waals surface area contributed by atoms with E-state index in [0.29, 0.717) is 20.8 Å². The van der Waals surface area contributed by atoms with Gasteiger partial charge in [0.15, 0.2) is 12.4 Å². The van der Waals surface area contributed by atoms with E-state index in [2.05, 4.69) is 25.8 Å². The molecule has 162 valence electrons. The summed E-state index contributed by atoms with van der Waals surface area (Å²) in [5.74, 6) is 0.144. The highest BCUT2D eigenvalue weighted by Gasteiger charge is 2.13. The standard InChI is InChI=1S/C21H16Cl2N6O2S/c22-13-6-7-15(14(23)9-13)31-10-17(30)28-29-20-18(24)21(27-11-26-20)32-16-5-1-3-12-4-2-8-25-19(12)16/h1-9,11H,10,24H2,(H,28,30)(H,26,27,29). The Morgan fingerprint density at radius 1 is 1.09 bits per heavy atom. The van der Waals surface area contributed by atoms with Gasteiger partial charge in [0.05, 0.1) is 10.5 Å². The van der Waals surface area contributed by atoms with E-state index in [9.17, 15) is 4.79 Å². The summed E-state index contributed by atoms with van der Waals surface area (Å²) in [5, 5.41) is 2.32. The first-order valence-electron chi connectivity index (χ1n) is 9.26. The average Bonchev–Trinajstić information content (AvgIpc) is 2.79. The number of carbonyl (C=O) groups is 1. The van der Waals surface area contributed by atoms with Crippen molar-refractivity contribution in [1.29, 1.82) is 0 Å². The Morgan fingerprint density at radius 2 is 1.94 bits per heavy atom. The van der Waals surface area contributed by atoms with Crippen LogP contribution in [0.5, 0.6) is 5.75 Å². The topological polar surface area (TPSA) is 115 Å². The van der Waals surface area contributed by atoms with Gasteiger partial charge in [-0.25, -0.2) is 9.97 Å². The van der Waals surface area contributed by atoms with Crippen LogP contribution in [0.3, 0.4) is 0 Å². The van der Waals surface area contributed by atoms with Crippen molar-refractivity contribution in [2.24, 2.45) is 0 Å². The monoisotopic (exact) mass is 486 g/mol. The average molecular weight is 487 g/mol. The number of nitrogens with zero attached hydrogens (tertiary/aromatic N) is 3. The number of anilines is 2. The lowest BCUT2D eigenvalue weighted by Gasteiger charge is -2.13. The normalized spacial score (nSPS) is 10.7. The fraction of sp³-hybridized carbons (Fsp3) is 0.0476. The minimum atomic E-state index is -0.457. The zero-order chi connectivity index (χ0) is 22.5. The zero-order valence-electron chi connectivity index (χ0n) is 16.4. The number of nitrogens with two attached hydrogens (primary N) is 1. The van der Waals surface area contributed by atoms with Gasteiger partial charge in [-0.2, -0.15) is 0 Å². The number of rotatable bonds is 7. The van der Waals surface area contributed by atoms with E-state index in [4.69, 9.17) is 33.7 Å². The molecule has 0 saturated carbocycles. The van der Waals surface area contributed by atoms with Crippen LogP contribution in [0.4, 0.5) is 11.5 Å². The van der Waals surface area contributed by atoms with Crippen molar-refractivity contribution in [2.45, 2.75) is 9.92 Å². The molecule has 32 heavy (non-hydrogen) atoms. The van der Waals surface area contributed by atoms with Gasteiger partial charge in [-0.05, 0) is 30.3 Å². The van der Waals surface area contributed by atoms with E-state index in [-0.39, 0.29) is 18.1 Å². The Balaban J connectivity index is 1.40. The number of nitrogens with one attached hydrogen (secondary N) is 2. The highest BCUT2D eigenvalue weighted by molar-refractivity contribution is 7.99. The molecule has 0 radical (unpaired) electrons. The number of nitrogen functional groups attached to an aromatic ring is 1. The number of carbonyl (C=O) groups excluding carboxylic acids is 1. The van der Waals surface area contributed by atoms with Gasteiger partial charge >= 0.3 is 0 Å². The molecule has 2 aromatic heterocycles. The number of ether oxygens (including phenoxy) is 1. The molecule has 0 bridgehead atoms. The Bertz CT molecular complexity index is 1290. The molecule has 0 aliphatic rings. The van der Waals surface area contributed by atoms with Crippen molar-refractivity contribution in [3.8, 4) is 5.75 Å². The van der Waals surface area contributed by atoms with Crippen LogP contribution in [0.2, 0.25) is 10.0 Å². The fourth-order valence-electron chi connectivity index (χ4n) is 2.72. The molecule has 2 heterocycles. The molecule has 0 aliphatic carbocycles. The van der Waals surface area contributed by atoms with Crippen molar-refractivity contribution in [3.63, 3.8) is 0 Å². The summed E-state index contributed by atoms with van der Waals surface area (Å²) in [6.45, 7) is -0.275. The molecule has 0 fully saturated rings. The van der Waals surface area contributed by atoms with Crippen molar-refractivity contribution in [2.75, 3.05) is 17.8 Å². The van der Waals surface area contributed by atoms with Crippen molar-refractivity contribution in [3.05, 3.63) is 71.1 Å². The molecular formula is C21H16Cl2N6O2S. The van der Waals surface area contributed by atoms with Crippen LogP contribution in [-0.2, 0) is 4.79 Å². The molecule has 0 unspecified atom stereocenters. The van der Waals surface area contributed by atoms with Gasteiger partial charge in [-0.1, -0.05) is 53.2 Å². The van der Waals surface area contributed by atoms with Gasteiger partial charge in [0.2, 0.25) is 0 Å². The van der Waals surface area contributed by atoms with E-state index in [1.807, 2.05) is 30.3 Å². The molecule has 1 amide bonds. The van der Waals surface area contributed by atoms with E-state index < -0.39 is 5.91 Å². The lowest BCUT2D eigenvalue weighted by molar-refractivity contribution is -0.122. The van der Waals surface area contributed by atoms with E-state index in [1.165, 1.54) is 24.2 Å². The maximum absolute atomic E-state index is 12.1. The first-order valence-corrected chi connectivity index (χ1v) is 10.8. The van der Waals surface area contributed by atoms with Crippen LogP contribution >= 0.6 is 35.0 Å². The third kappa shape index (κ3) is 5.13. The maximum Gasteiger partial charge on any atom is 0.276 e. The first-order chi connectivity index (χ1) is 15.5. The number of hydrogen-bond donors (Lipinski definition) is 3. The third-order valence-electron chi connectivity index (χ3n) is 4.22. The summed E-state index contributed by atoms with van der Waals surface area (Å²) in [6, 6.07) is 14.5. The number of aromatic nitrogens is 3. The maximum atomic E-state index is 12.1. The fourth-order valence-corrected chi connectivity index (χ4v) is 4.12. The molecule has 0 spiro atoms. The van der Waals surface area contributed by atoms with Crippen molar-refractivity contribution < 1.29 is 9.53 Å². The molecule has 0 aliphatic heterocycles. The number of amides is 1. The van der Waals surface area contributed by atoms with Crippen LogP contribution in [-0.4, -0.2) is 27.5 Å². The molecule has 4 aromatic rings. The second kappa shape index (κ2) is 9.90. The van der Waals surface area contributed by atoms with Gasteiger partial charge in [-0.15, -0.1) is 0 Å². The quantitative estimate of drug-likeness (QED) is 0.256. The lowest BCUT2D eigenvalue weighted by Crippen LogP contribution is -2.34. The van der Waals surface area contributed by atoms with Crippen molar-refractivity contribution >= 4 is 63.3 Å². The number of halogens is 2. The minimum Gasteiger partial charge on any atom is -0.482 e. The highest BCUT2D eigenvalue weighted by Crippen LogP contribution is 2.35. The second-order valence-corrected chi connectivity index (χ2v) is 8.29. The molecule has 4 rings (SSSR count). The van der Waals surface area contributed by atoms with Gasteiger partial charge in [0, 0.05) is 21.5 Å². The number of hydrazine groups is 1. The van der Waals surface area contributed by atoms with Gasteiger partial charge < -0.3 is 10.5 Å². The van der Waals surface area contributed by atoms with Crippen LogP contribution in [0.1, 0.15) is 0 Å². The second-order valence-electron chi connectivity index (χ2n) is 6.41. The Hall–Kier alpha value is -3.27. The SMILES string of the molecule is Nc1c(NNC(=O)COc2ccc(Cl)cc2Cl)ncnc1Sc1cccc2cccnc12. The first kappa shape index (κ1) is 21.9. The van der Waals surface area contributed by atoms with Gasteiger partial charge in [0.25, 0.3) is 5.91 Å². The number of hydrogen-bond acceptors (Lipinski definition) is 8. The molecule has 0 saturated heterocycles. The third-order valence-corrected chi connectivity index (χ3v) is 5.82. The van der Waals surface area contributed by atoms with Crippen molar-refractivity contribution in [1.82, 2.24) is 20.4 Å². The zero-order valence-corrected chi connectivity index (χ0v) is 18.7. The number of fused-ring (bicyclic) bond motifs is 1. The predicted octanol–water partition coefficient (Wildman–Crippen LogP) is 4.59. The smallest absolute Gasteiger partial charge is 0.276 e. The van der Waals surface area contributed by atoms with Gasteiger partial charge in [0.1, 0.15) is 22.8 Å². The Labute approximate surface area is 197 Å². The molecule has 4 N–H and O–H groups in total. The van der Waals surface area contributed by atoms with Gasteiger partial charge in [-0.3, -0.25) is 20.6 Å². The summed E-state index contributed by atoms with van der Waals surface area (Å²) in [7, 11) is 0. The number of pyridine rings is 1. The predicted molar refractivity (Wildman–Crippen MR) is 126 cm³/mol. The van der Waals surface area contributed by atoms with E-state index >= 15 is 0 Å². The molecule has 11 heteroatoms. The lowest BCUT2D eigenvalue weighted by atomic mass is 10.2. The number of benzene rings is 2. The summed E-state index contributed by atoms with van der Waals surface area (Å²) < 4.78 is 5.40. The van der Waals surface area contributed by atoms with Crippen LogP contribution in [0, 0.1) is 0 Å². The number of para-hydroxylation sites is 1. The van der Waals surface area contributed by atoms with Crippen LogP contribution < -0.4 is 21.3 Å². The highest BCUT2D eigenvalue weighted by atomic mass is 35.5. The Kier molecular flexibility index (Phi) is 6.79. The van der Waals surface area contributed by atoms with E-state index in [1.54, 1.807) is 18.3 Å². The largest absolute Gasteiger partial charge is 0.482 e. The molecule has 0 atom stereocenters. The molecular weight excluding hydrogens is 471 g/mol. The van der Waals surface area contributed by atoms with E-state index in [0.717, 1.165) is 15.8 Å². The summed E-state index contributed by atoms with van der Waals surface area (Å²) in [4.78, 5) is 25.8. The van der Waals surface area contributed by atoms with Crippen LogP contribution in [0.25, 0.3) is 10.9 Å². The molecule has 2 aromatic carbocycles.